The van der Waals surface area contributed by atoms with Crippen LogP contribution in [-0.4, -0.2) is 39.1 Å². The number of rotatable bonds is 6. The zero-order chi connectivity index (χ0) is 21.8. The average Bonchev–Trinajstić information content (AvgIpc) is 2.52. The number of ether oxygens (including phenoxy) is 2. The molecule has 28 heavy (non-hydrogen) atoms. The van der Waals surface area contributed by atoms with Gasteiger partial charge in [-0.05, 0) is 56.6 Å². The monoisotopic (exact) mass is 409 g/mol. The lowest BCUT2D eigenvalue weighted by Gasteiger charge is -2.36. The first-order valence-electron chi connectivity index (χ1n) is 9.50. The number of carbonyl (C=O) groups is 2. The molecule has 0 saturated carbocycles. The van der Waals surface area contributed by atoms with E-state index in [0.717, 1.165) is 11.3 Å². The van der Waals surface area contributed by atoms with E-state index in [4.69, 9.17) is 13.9 Å². The zero-order valence-corrected chi connectivity index (χ0v) is 19.6. The molecule has 0 bridgehead atoms. The molecule has 1 amide bonds. The third-order valence-electron chi connectivity index (χ3n) is 4.72. The second-order valence-electron chi connectivity index (χ2n) is 9.43. The second-order valence-corrected chi connectivity index (χ2v) is 14.2. The predicted octanol–water partition coefficient (Wildman–Crippen LogP) is 4.68. The molecule has 0 aliphatic heterocycles. The lowest BCUT2D eigenvalue weighted by molar-refractivity contribution is -0.143. The van der Waals surface area contributed by atoms with Crippen molar-refractivity contribution in [2.45, 2.75) is 77.7 Å². The highest BCUT2D eigenvalue weighted by Gasteiger charge is 2.39. The number of hydrogen-bond acceptors (Lipinski definition) is 5. The van der Waals surface area contributed by atoms with Crippen LogP contribution in [-0.2, 0) is 20.7 Å². The summed E-state index contributed by atoms with van der Waals surface area (Å²) >= 11 is 0. The Bertz CT molecular complexity index is 672. The van der Waals surface area contributed by atoms with Crippen molar-refractivity contribution in [3.63, 3.8) is 0 Å². The maximum Gasteiger partial charge on any atom is 0.408 e. The molecule has 6 nitrogen and oxygen atoms in total. The minimum atomic E-state index is -1.91. The van der Waals surface area contributed by atoms with Gasteiger partial charge in [-0.15, -0.1) is 0 Å². The van der Waals surface area contributed by atoms with Gasteiger partial charge >= 0.3 is 12.1 Å². The number of benzene rings is 1. The van der Waals surface area contributed by atoms with Crippen molar-refractivity contribution in [1.82, 2.24) is 5.32 Å². The van der Waals surface area contributed by atoms with E-state index in [1.165, 1.54) is 7.11 Å². The molecule has 0 aliphatic carbocycles. The Kier molecular flexibility index (Phi) is 7.71. The van der Waals surface area contributed by atoms with Crippen LogP contribution in [0.3, 0.4) is 0 Å². The zero-order valence-electron chi connectivity index (χ0n) is 18.6. The molecule has 1 N–H and O–H groups in total. The van der Waals surface area contributed by atoms with Gasteiger partial charge in [-0.3, -0.25) is 0 Å². The van der Waals surface area contributed by atoms with Crippen molar-refractivity contribution in [2.75, 3.05) is 7.11 Å². The molecule has 0 radical (unpaired) electrons. The first kappa shape index (κ1) is 24.0. The number of hydrogen-bond donors (Lipinski definition) is 1. The Morgan fingerprint density at radius 1 is 1.04 bits per heavy atom. The third-order valence-corrected chi connectivity index (χ3v) is 9.08. The van der Waals surface area contributed by atoms with Crippen LogP contribution in [0.5, 0.6) is 5.75 Å². The maximum atomic E-state index is 12.1. The Morgan fingerprint density at radius 2 is 1.57 bits per heavy atom. The quantitative estimate of drug-likeness (QED) is 0.545. The van der Waals surface area contributed by atoms with Gasteiger partial charge in [0.2, 0.25) is 8.32 Å². The Labute approximate surface area is 170 Å². The Morgan fingerprint density at radius 3 is 2.00 bits per heavy atom. The fourth-order valence-corrected chi connectivity index (χ4v) is 3.19. The third kappa shape index (κ3) is 7.54. The van der Waals surface area contributed by atoms with E-state index >= 15 is 0 Å². The van der Waals surface area contributed by atoms with Crippen LogP contribution in [0, 0.1) is 0 Å². The molecular formula is C21H35NO5Si. The topological polar surface area (TPSA) is 73.9 Å². The number of nitrogens with one attached hydrogen (secondary N) is 1. The van der Waals surface area contributed by atoms with Crippen molar-refractivity contribution < 1.29 is 23.5 Å². The summed E-state index contributed by atoms with van der Waals surface area (Å²) in [6.45, 7) is 16.3. The molecule has 1 atom stereocenters. The van der Waals surface area contributed by atoms with Crippen LogP contribution in [0.1, 0.15) is 47.1 Å². The number of amides is 1. The number of carbonyl (C=O) groups excluding carboxylic acids is 2. The van der Waals surface area contributed by atoms with E-state index in [9.17, 15) is 9.59 Å². The predicted molar refractivity (Wildman–Crippen MR) is 113 cm³/mol. The fourth-order valence-electron chi connectivity index (χ4n) is 2.16. The van der Waals surface area contributed by atoms with E-state index in [0.29, 0.717) is 6.42 Å². The summed E-state index contributed by atoms with van der Waals surface area (Å²) in [7, 11) is -0.617. The number of methoxy groups -OCH3 is 1. The van der Waals surface area contributed by atoms with Crippen LogP contribution in [0.4, 0.5) is 4.79 Å². The summed E-state index contributed by atoms with van der Waals surface area (Å²) in [4.78, 5) is 24.1. The highest BCUT2D eigenvalue weighted by Crippen LogP contribution is 2.37. The van der Waals surface area contributed by atoms with E-state index in [-0.39, 0.29) is 5.04 Å². The Balaban J connectivity index is 2.85. The molecule has 0 aliphatic rings. The summed E-state index contributed by atoms with van der Waals surface area (Å²) in [5.41, 5.74) is 0.238. The van der Waals surface area contributed by atoms with Crippen molar-refractivity contribution in [3.8, 4) is 5.75 Å². The molecule has 7 heteroatoms. The minimum absolute atomic E-state index is 0.110. The van der Waals surface area contributed by atoms with Gasteiger partial charge in [0.15, 0.2) is 0 Å². The molecule has 1 aromatic rings. The SMILES string of the molecule is COC(=O)[C@@H](Cc1ccc(O[Si](C)(C)C(C)(C)C)cc1)NC(=O)OC(C)(C)C. The van der Waals surface area contributed by atoms with Gasteiger partial charge in [-0.2, -0.15) is 0 Å². The molecule has 0 spiro atoms. The van der Waals surface area contributed by atoms with Crippen molar-refractivity contribution in [1.29, 1.82) is 0 Å². The number of esters is 1. The molecule has 0 fully saturated rings. The van der Waals surface area contributed by atoms with E-state index in [2.05, 4.69) is 39.2 Å². The van der Waals surface area contributed by atoms with Crippen LogP contribution >= 0.6 is 0 Å². The summed E-state index contributed by atoms with van der Waals surface area (Å²) in [5.74, 6) is 0.289. The van der Waals surface area contributed by atoms with Gasteiger partial charge in [-0.1, -0.05) is 32.9 Å². The highest BCUT2D eigenvalue weighted by atomic mass is 28.4. The molecule has 158 valence electrons. The van der Waals surface area contributed by atoms with Crippen LogP contribution in [0.15, 0.2) is 24.3 Å². The van der Waals surface area contributed by atoms with E-state index < -0.39 is 32.0 Å². The van der Waals surface area contributed by atoms with Crippen molar-refractivity contribution in [3.05, 3.63) is 29.8 Å². The van der Waals surface area contributed by atoms with Crippen LogP contribution < -0.4 is 9.74 Å². The molecule has 0 unspecified atom stereocenters. The van der Waals surface area contributed by atoms with Gasteiger partial charge in [0, 0.05) is 6.42 Å². The summed E-state index contributed by atoms with van der Waals surface area (Å²) in [6, 6.07) is 6.77. The standard InChI is InChI=1S/C21H35NO5Si/c1-20(2,3)26-19(24)22-17(18(23)25-7)14-15-10-12-16(13-11-15)27-28(8,9)21(4,5)6/h10-13,17H,14H2,1-9H3,(H,22,24)/t17-/m1/s1. The summed E-state index contributed by atoms with van der Waals surface area (Å²) in [5, 5.41) is 2.70. The lowest BCUT2D eigenvalue weighted by Crippen LogP contribution is -2.45. The first-order chi connectivity index (χ1) is 12.6. The number of alkyl carbamates (subject to hydrolysis) is 1. The minimum Gasteiger partial charge on any atom is -0.544 e. The van der Waals surface area contributed by atoms with Gasteiger partial charge in [0.05, 0.1) is 7.11 Å². The van der Waals surface area contributed by atoms with Gasteiger partial charge < -0.3 is 19.2 Å². The second kappa shape index (κ2) is 8.98. The molecule has 0 saturated heterocycles. The van der Waals surface area contributed by atoms with Gasteiger partial charge in [-0.25, -0.2) is 9.59 Å². The molecule has 1 rings (SSSR count). The Hall–Kier alpha value is -2.02. The first-order valence-corrected chi connectivity index (χ1v) is 12.4. The average molecular weight is 410 g/mol. The highest BCUT2D eigenvalue weighted by molar-refractivity contribution is 6.74. The lowest BCUT2D eigenvalue weighted by atomic mass is 10.1. The van der Waals surface area contributed by atoms with Crippen LogP contribution in [0.25, 0.3) is 0 Å². The van der Waals surface area contributed by atoms with Crippen LogP contribution in [0.2, 0.25) is 18.1 Å². The van der Waals surface area contributed by atoms with Crippen molar-refractivity contribution in [2.24, 2.45) is 0 Å². The summed E-state index contributed by atoms with van der Waals surface area (Å²) < 4.78 is 16.3. The molecular weight excluding hydrogens is 374 g/mol. The largest absolute Gasteiger partial charge is 0.544 e. The van der Waals surface area contributed by atoms with Gasteiger partial charge in [0.1, 0.15) is 17.4 Å². The fraction of sp³-hybridized carbons (Fsp3) is 0.619. The smallest absolute Gasteiger partial charge is 0.408 e. The maximum absolute atomic E-state index is 12.1. The molecule has 0 aromatic heterocycles. The van der Waals surface area contributed by atoms with E-state index in [1.54, 1.807) is 20.8 Å². The van der Waals surface area contributed by atoms with Gasteiger partial charge in [0.25, 0.3) is 0 Å². The normalized spacial score (nSPS) is 13.5. The van der Waals surface area contributed by atoms with E-state index in [1.807, 2.05) is 24.3 Å². The summed E-state index contributed by atoms with van der Waals surface area (Å²) in [6.07, 6.45) is -0.354. The molecule has 1 aromatic carbocycles. The van der Waals surface area contributed by atoms with Crippen molar-refractivity contribution >= 4 is 20.4 Å². The molecule has 0 heterocycles.